The van der Waals surface area contributed by atoms with Gasteiger partial charge in [-0.15, -0.1) is 4.67 Å². The lowest BCUT2D eigenvalue weighted by atomic mass is 10.3. The van der Waals surface area contributed by atoms with Gasteiger partial charge in [0.2, 0.25) is 0 Å². The number of nitrogens with zero attached hydrogens (tertiary/aromatic N) is 1. The van der Waals surface area contributed by atoms with Gasteiger partial charge in [-0.1, -0.05) is 4.08 Å². The monoisotopic (exact) mass is 214 g/mol. The number of rotatable bonds is 4. The molecule has 1 N–H and O–H groups in total. The number of halogens is 1. The van der Waals surface area contributed by atoms with Gasteiger partial charge in [0.1, 0.15) is 18.5 Å². The first-order valence-electron chi connectivity index (χ1n) is 4.01. The van der Waals surface area contributed by atoms with Crippen molar-refractivity contribution in [1.82, 2.24) is 4.67 Å². The van der Waals surface area contributed by atoms with Crippen LogP contribution in [0.5, 0.6) is 0 Å². The van der Waals surface area contributed by atoms with E-state index < -0.39 is 7.87 Å². The lowest BCUT2D eigenvalue weighted by Gasteiger charge is -2.30. The van der Waals surface area contributed by atoms with E-state index in [4.69, 9.17) is 11.9 Å². The molecule has 0 aromatic carbocycles. The van der Waals surface area contributed by atoms with Gasteiger partial charge in [-0.2, -0.15) is 0 Å². The third-order valence-electron chi connectivity index (χ3n) is 1.62. The summed E-state index contributed by atoms with van der Waals surface area (Å²) < 4.78 is 6.48. The van der Waals surface area contributed by atoms with E-state index >= 15 is 0 Å². The summed E-state index contributed by atoms with van der Waals surface area (Å²) in [6.07, 6.45) is 0. The van der Waals surface area contributed by atoms with Crippen LogP contribution in [0, 0.1) is 0 Å². The molecule has 0 aliphatic carbocycles. The molecule has 0 spiro atoms. The van der Waals surface area contributed by atoms with E-state index in [0.717, 1.165) is 0 Å². The van der Waals surface area contributed by atoms with Crippen molar-refractivity contribution in [3.63, 3.8) is 0 Å². The molecule has 0 heterocycles. The Kier molecular flexibility index (Phi) is 4.97. The van der Waals surface area contributed by atoms with Crippen molar-refractivity contribution in [3.05, 3.63) is 0 Å². The molecule has 0 radical (unpaired) electrons. The Morgan fingerprint density at radius 3 is 1.67 bits per heavy atom. The largest absolute Gasteiger partial charge is 0.368 e. The van der Waals surface area contributed by atoms with Crippen molar-refractivity contribution in [2.45, 2.75) is 39.8 Å². The van der Waals surface area contributed by atoms with Crippen LogP contribution in [-0.2, 0) is 4.08 Å². The maximum absolute atomic E-state index is 9.81. The van der Waals surface area contributed by atoms with E-state index in [1.165, 1.54) is 0 Å². The highest BCUT2D eigenvalue weighted by Gasteiger charge is 2.44. The lowest BCUT2D eigenvalue weighted by molar-refractivity contribution is 0.252. The Bertz CT molecular complexity index is 133. The Hall–Kier alpha value is 0.600. The van der Waals surface area contributed by atoms with Gasteiger partial charge in [0.05, 0.1) is 0 Å². The molecule has 0 saturated heterocycles. The fourth-order valence-electron chi connectivity index (χ4n) is 1.49. The number of hydrogen-bond donors (Lipinski definition) is 1. The first-order chi connectivity index (χ1) is 5.33. The van der Waals surface area contributed by atoms with Crippen molar-refractivity contribution in [1.29, 1.82) is 0 Å². The molecule has 0 aliphatic heterocycles. The van der Waals surface area contributed by atoms with E-state index in [2.05, 4.69) is 4.08 Å². The summed E-state index contributed by atoms with van der Waals surface area (Å²) in [6, 6.07) is 0.458. The molecule has 12 heavy (non-hydrogen) atoms. The maximum Gasteiger partial charge on any atom is 0.368 e. The Balaban J connectivity index is 4.50. The SMILES string of the molecule is CC(C)N(C(C)C)[P+](C)(O)OCl. The van der Waals surface area contributed by atoms with Gasteiger partial charge in [-0.25, -0.2) is 4.89 Å². The predicted octanol–water partition coefficient (Wildman–Crippen LogP) is 2.66. The van der Waals surface area contributed by atoms with E-state index in [1.807, 2.05) is 32.4 Å². The van der Waals surface area contributed by atoms with Crippen molar-refractivity contribution >= 4 is 19.7 Å². The number of hydrogen-bond acceptors (Lipinski definition) is 3. The van der Waals surface area contributed by atoms with Gasteiger partial charge >= 0.3 is 7.87 Å². The van der Waals surface area contributed by atoms with Gasteiger partial charge in [0.25, 0.3) is 0 Å². The predicted molar refractivity (Wildman–Crippen MR) is 54.1 cm³/mol. The molecular weight excluding hydrogens is 197 g/mol. The molecule has 0 aromatic rings. The first kappa shape index (κ1) is 12.6. The molecule has 1 atom stereocenters. The molecular formula is C7H18ClNO2P+. The van der Waals surface area contributed by atoms with Crippen LogP contribution in [-0.4, -0.2) is 28.3 Å². The third-order valence-corrected chi connectivity index (χ3v) is 4.44. The summed E-state index contributed by atoms with van der Waals surface area (Å²) in [6.45, 7) is 9.66. The standard InChI is InChI=1S/C7H18ClNO2P/c1-6(2)9(7(3)4)12(5,10)11-8/h6-7,10H,1-5H3/q+1. The zero-order chi connectivity index (χ0) is 9.94. The lowest BCUT2D eigenvalue weighted by Crippen LogP contribution is -2.36. The van der Waals surface area contributed by atoms with Crippen LogP contribution in [0.15, 0.2) is 0 Å². The van der Waals surface area contributed by atoms with Crippen molar-refractivity contribution < 1.29 is 8.97 Å². The molecule has 0 rings (SSSR count). The van der Waals surface area contributed by atoms with Gasteiger partial charge in [-0.3, -0.25) is 0 Å². The second-order valence-corrected chi connectivity index (χ2v) is 6.16. The van der Waals surface area contributed by atoms with Crippen LogP contribution in [0.3, 0.4) is 0 Å². The van der Waals surface area contributed by atoms with Crippen LogP contribution in [0.1, 0.15) is 27.7 Å². The molecule has 0 aromatic heterocycles. The minimum absolute atomic E-state index is 0.229. The van der Waals surface area contributed by atoms with E-state index in [9.17, 15) is 4.89 Å². The third kappa shape index (κ3) is 3.15. The molecule has 0 fully saturated rings. The molecule has 0 amide bonds. The van der Waals surface area contributed by atoms with Crippen LogP contribution in [0.25, 0.3) is 0 Å². The van der Waals surface area contributed by atoms with E-state index in [-0.39, 0.29) is 12.1 Å². The average Bonchev–Trinajstić information content (AvgIpc) is 1.84. The summed E-state index contributed by atoms with van der Waals surface area (Å²) in [7, 11) is -2.55. The highest BCUT2D eigenvalue weighted by atomic mass is 35.5. The summed E-state index contributed by atoms with van der Waals surface area (Å²) >= 11 is 5.23. The van der Waals surface area contributed by atoms with Gasteiger partial charge < -0.3 is 0 Å². The van der Waals surface area contributed by atoms with Crippen molar-refractivity contribution in [2.75, 3.05) is 6.66 Å². The molecule has 74 valence electrons. The summed E-state index contributed by atoms with van der Waals surface area (Å²) in [5.41, 5.74) is 0. The zero-order valence-corrected chi connectivity index (χ0v) is 9.93. The van der Waals surface area contributed by atoms with Crippen LogP contribution in [0.2, 0.25) is 0 Å². The quantitative estimate of drug-likeness (QED) is 0.731. The molecule has 0 saturated carbocycles. The van der Waals surface area contributed by atoms with E-state index in [0.29, 0.717) is 0 Å². The van der Waals surface area contributed by atoms with Crippen LogP contribution in [0.4, 0.5) is 0 Å². The fourth-order valence-corrected chi connectivity index (χ4v) is 3.49. The smallest absolute Gasteiger partial charge is 0.200 e. The molecule has 5 heteroatoms. The van der Waals surface area contributed by atoms with E-state index in [1.54, 1.807) is 6.66 Å². The maximum atomic E-state index is 9.81. The summed E-state index contributed by atoms with van der Waals surface area (Å²) in [5.74, 6) is 0. The molecule has 3 nitrogen and oxygen atoms in total. The van der Waals surface area contributed by atoms with Gasteiger partial charge in [0, 0.05) is 12.1 Å². The van der Waals surface area contributed by atoms with Crippen LogP contribution < -0.4 is 0 Å². The minimum atomic E-state index is -2.55. The Labute approximate surface area is 80.4 Å². The topological polar surface area (TPSA) is 32.7 Å². The first-order valence-corrected chi connectivity index (χ1v) is 6.38. The second-order valence-electron chi connectivity index (χ2n) is 3.47. The minimum Gasteiger partial charge on any atom is -0.200 e. The molecule has 1 unspecified atom stereocenters. The van der Waals surface area contributed by atoms with Gasteiger partial charge in [0.15, 0.2) is 0 Å². The summed E-state index contributed by atoms with van der Waals surface area (Å²) in [4.78, 5) is 9.81. The Morgan fingerprint density at radius 2 is 1.58 bits per heavy atom. The second kappa shape index (κ2) is 4.73. The highest BCUT2D eigenvalue weighted by molar-refractivity contribution is 7.63. The highest BCUT2D eigenvalue weighted by Crippen LogP contribution is 2.58. The zero-order valence-electron chi connectivity index (χ0n) is 8.28. The normalized spacial score (nSPS) is 17.5. The average molecular weight is 215 g/mol. The van der Waals surface area contributed by atoms with Gasteiger partial charge in [-0.05, 0) is 27.7 Å². The van der Waals surface area contributed by atoms with Crippen molar-refractivity contribution in [3.8, 4) is 0 Å². The fraction of sp³-hybridized carbons (Fsp3) is 1.00. The summed E-state index contributed by atoms with van der Waals surface area (Å²) in [5, 5.41) is 0. The molecule has 0 aliphatic rings. The molecule has 0 bridgehead atoms. The van der Waals surface area contributed by atoms with Crippen LogP contribution >= 0.6 is 19.7 Å². The van der Waals surface area contributed by atoms with Crippen molar-refractivity contribution in [2.24, 2.45) is 0 Å². The Morgan fingerprint density at radius 1 is 1.25 bits per heavy atom.